The van der Waals surface area contributed by atoms with Crippen LogP contribution < -0.4 is 10.6 Å². The standard InChI is InChI=1S/C19H13N3O3S2/c23-14-10-11(20-19(26)22-17(24)15-5-3-9-25-15)7-8-12(14)18-21-13-4-1-2-6-16(13)27-18/h1-10,23H,(H2,20,22,24,26). The lowest BCUT2D eigenvalue weighted by Crippen LogP contribution is -2.33. The van der Waals surface area contributed by atoms with E-state index in [-0.39, 0.29) is 16.6 Å². The van der Waals surface area contributed by atoms with E-state index in [1.54, 1.807) is 18.2 Å². The normalized spacial score (nSPS) is 10.7. The Labute approximate surface area is 163 Å². The number of nitrogens with one attached hydrogen (secondary N) is 2. The minimum absolute atomic E-state index is 0.0687. The molecule has 0 unspecified atom stereocenters. The van der Waals surface area contributed by atoms with Gasteiger partial charge in [0.1, 0.15) is 10.8 Å². The zero-order valence-corrected chi connectivity index (χ0v) is 15.4. The molecule has 0 fully saturated rings. The summed E-state index contributed by atoms with van der Waals surface area (Å²) in [5.74, 6) is -0.222. The molecule has 8 heteroatoms. The number of hydrogen-bond acceptors (Lipinski definition) is 6. The molecular formula is C19H13N3O3S2. The fourth-order valence-electron chi connectivity index (χ4n) is 2.51. The molecule has 0 spiro atoms. The number of aromatic hydroxyl groups is 1. The lowest BCUT2D eigenvalue weighted by atomic mass is 10.2. The molecule has 0 aliphatic heterocycles. The summed E-state index contributed by atoms with van der Waals surface area (Å²) in [4.78, 5) is 16.5. The maximum atomic E-state index is 11.9. The van der Waals surface area contributed by atoms with E-state index in [1.807, 2.05) is 24.3 Å². The van der Waals surface area contributed by atoms with Crippen LogP contribution in [0.4, 0.5) is 5.69 Å². The third-order valence-corrected chi connectivity index (χ3v) is 5.03. The lowest BCUT2D eigenvalue weighted by Gasteiger charge is -2.10. The van der Waals surface area contributed by atoms with Crippen molar-refractivity contribution in [1.29, 1.82) is 0 Å². The van der Waals surface area contributed by atoms with Crippen LogP contribution in [0.25, 0.3) is 20.8 Å². The van der Waals surface area contributed by atoms with Crippen molar-refractivity contribution in [2.75, 3.05) is 5.32 Å². The maximum Gasteiger partial charge on any atom is 0.293 e. The highest BCUT2D eigenvalue weighted by Crippen LogP contribution is 2.36. The summed E-state index contributed by atoms with van der Waals surface area (Å²) in [7, 11) is 0. The Bertz CT molecular complexity index is 1100. The van der Waals surface area contributed by atoms with E-state index in [9.17, 15) is 9.90 Å². The van der Waals surface area contributed by atoms with Crippen molar-refractivity contribution in [1.82, 2.24) is 10.3 Å². The molecule has 0 atom stereocenters. The van der Waals surface area contributed by atoms with Gasteiger partial charge < -0.3 is 14.8 Å². The third kappa shape index (κ3) is 3.67. The predicted octanol–water partition coefficient (Wildman–Crippen LogP) is 4.39. The van der Waals surface area contributed by atoms with Gasteiger partial charge in [0.25, 0.3) is 5.91 Å². The van der Waals surface area contributed by atoms with Crippen molar-refractivity contribution >= 4 is 50.5 Å². The molecule has 0 bridgehead atoms. The molecule has 0 aliphatic rings. The van der Waals surface area contributed by atoms with Gasteiger partial charge in [0.05, 0.1) is 22.0 Å². The molecule has 0 saturated heterocycles. The van der Waals surface area contributed by atoms with E-state index in [4.69, 9.17) is 16.6 Å². The number of fused-ring (bicyclic) bond motifs is 1. The fourth-order valence-corrected chi connectivity index (χ4v) is 3.72. The molecule has 27 heavy (non-hydrogen) atoms. The molecule has 6 nitrogen and oxygen atoms in total. The Morgan fingerprint density at radius 2 is 2.00 bits per heavy atom. The first-order valence-corrected chi connectivity index (χ1v) is 9.17. The molecule has 0 radical (unpaired) electrons. The second kappa shape index (κ2) is 7.18. The first kappa shape index (κ1) is 17.2. The number of nitrogens with zero attached hydrogens (tertiary/aromatic N) is 1. The number of benzene rings is 2. The van der Waals surface area contributed by atoms with Gasteiger partial charge in [-0.1, -0.05) is 12.1 Å². The molecule has 134 valence electrons. The van der Waals surface area contributed by atoms with Crippen LogP contribution in [0.5, 0.6) is 5.75 Å². The summed E-state index contributed by atoms with van der Waals surface area (Å²) in [6.07, 6.45) is 1.41. The number of anilines is 1. The molecule has 1 amide bonds. The van der Waals surface area contributed by atoms with E-state index in [1.165, 1.54) is 29.7 Å². The van der Waals surface area contributed by atoms with Crippen LogP contribution >= 0.6 is 23.6 Å². The van der Waals surface area contributed by atoms with E-state index in [0.717, 1.165) is 15.2 Å². The average Bonchev–Trinajstić information content (AvgIpc) is 3.31. The second-order valence-electron chi connectivity index (χ2n) is 5.60. The number of rotatable bonds is 3. The molecule has 4 aromatic rings. The smallest absolute Gasteiger partial charge is 0.293 e. The molecule has 4 rings (SSSR count). The number of thiocarbonyl (C=S) groups is 1. The summed E-state index contributed by atoms with van der Waals surface area (Å²) in [5, 5.41) is 16.6. The number of para-hydroxylation sites is 1. The van der Waals surface area contributed by atoms with E-state index in [0.29, 0.717) is 11.3 Å². The molecule has 2 aromatic carbocycles. The summed E-state index contributed by atoms with van der Waals surface area (Å²) in [6, 6.07) is 16.0. The van der Waals surface area contributed by atoms with Crippen molar-refractivity contribution in [3.8, 4) is 16.3 Å². The van der Waals surface area contributed by atoms with Crippen molar-refractivity contribution < 1.29 is 14.3 Å². The van der Waals surface area contributed by atoms with Gasteiger partial charge in [-0.05, 0) is 48.6 Å². The number of aromatic nitrogens is 1. The fraction of sp³-hybridized carbons (Fsp3) is 0. The number of thiazole rings is 1. The highest BCUT2D eigenvalue weighted by atomic mass is 32.1. The van der Waals surface area contributed by atoms with Gasteiger partial charge in [-0.3, -0.25) is 10.1 Å². The monoisotopic (exact) mass is 395 g/mol. The Morgan fingerprint density at radius 1 is 1.15 bits per heavy atom. The van der Waals surface area contributed by atoms with Crippen molar-refractivity contribution in [3.05, 3.63) is 66.6 Å². The van der Waals surface area contributed by atoms with Gasteiger partial charge in [-0.25, -0.2) is 4.98 Å². The van der Waals surface area contributed by atoms with Crippen molar-refractivity contribution in [3.63, 3.8) is 0 Å². The van der Waals surface area contributed by atoms with Crippen LogP contribution in [0.2, 0.25) is 0 Å². The number of phenols is 1. The van der Waals surface area contributed by atoms with Gasteiger partial charge >= 0.3 is 0 Å². The largest absolute Gasteiger partial charge is 0.507 e. The highest BCUT2D eigenvalue weighted by molar-refractivity contribution is 7.80. The predicted molar refractivity (Wildman–Crippen MR) is 109 cm³/mol. The first-order chi connectivity index (χ1) is 13.1. The van der Waals surface area contributed by atoms with E-state index < -0.39 is 5.91 Å². The SMILES string of the molecule is O=C(NC(=S)Nc1ccc(-c2nc3ccccc3s2)c(O)c1)c1ccco1. The Morgan fingerprint density at radius 3 is 2.74 bits per heavy atom. The number of phenolic OH excluding ortho intramolecular Hbond substituents is 1. The Kier molecular flexibility index (Phi) is 4.57. The molecule has 2 heterocycles. The van der Waals surface area contributed by atoms with Gasteiger partial charge in [0, 0.05) is 11.8 Å². The highest BCUT2D eigenvalue weighted by Gasteiger charge is 2.13. The van der Waals surface area contributed by atoms with Crippen molar-refractivity contribution in [2.45, 2.75) is 0 Å². The summed E-state index contributed by atoms with van der Waals surface area (Å²) < 4.78 is 6.06. The number of carbonyl (C=O) groups excluding carboxylic acids is 1. The third-order valence-electron chi connectivity index (χ3n) is 3.75. The lowest BCUT2D eigenvalue weighted by molar-refractivity contribution is 0.0950. The van der Waals surface area contributed by atoms with E-state index >= 15 is 0 Å². The number of carbonyl (C=O) groups is 1. The summed E-state index contributed by atoms with van der Waals surface area (Å²) in [5.41, 5.74) is 2.07. The summed E-state index contributed by atoms with van der Waals surface area (Å²) >= 11 is 6.63. The minimum atomic E-state index is -0.451. The molecule has 2 aromatic heterocycles. The quantitative estimate of drug-likeness (QED) is 0.446. The van der Waals surface area contributed by atoms with Crippen LogP contribution in [0.3, 0.4) is 0 Å². The van der Waals surface area contributed by atoms with Gasteiger partial charge in [0.2, 0.25) is 0 Å². The zero-order chi connectivity index (χ0) is 18.8. The Balaban J connectivity index is 1.49. The number of hydrogen-bond donors (Lipinski definition) is 3. The van der Waals surface area contributed by atoms with Gasteiger partial charge in [0.15, 0.2) is 10.9 Å². The molecule has 0 saturated carbocycles. The van der Waals surface area contributed by atoms with Crippen molar-refractivity contribution in [2.24, 2.45) is 0 Å². The Hall–Kier alpha value is -3.23. The molecule has 0 aliphatic carbocycles. The number of amides is 1. The van der Waals surface area contributed by atoms with E-state index in [2.05, 4.69) is 15.6 Å². The van der Waals surface area contributed by atoms with Crippen LogP contribution in [0.15, 0.2) is 65.3 Å². The average molecular weight is 395 g/mol. The second-order valence-corrected chi connectivity index (χ2v) is 7.04. The molecule has 3 N–H and O–H groups in total. The summed E-state index contributed by atoms with van der Waals surface area (Å²) in [6.45, 7) is 0. The van der Waals surface area contributed by atoms with Crippen LogP contribution in [0, 0.1) is 0 Å². The van der Waals surface area contributed by atoms with Crippen LogP contribution in [-0.4, -0.2) is 21.1 Å². The minimum Gasteiger partial charge on any atom is -0.507 e. The number of furan rings is 1. The van der Waals surface area contributed by atoms with Crippen LogP contribution in [0.1, 0.15) is 10.6 Å². The molecular weight excluding hydrogens is 382 g/mol. The first-order valence-electron chi connectivity index (χ1n) is 7.95. The topological polar surface area (TPSA) is 87.4 Å². The van der Waals surface area contributed by atoms with Gasteiger partial charge in [-0.15, -0.1) is 11.3 Å². The van der Waals surface area contributed by atoms with Gasteiger partial charge in [-0.2, -0.15) is 0 Å². The van der Waals surface area contributed by atoms with Crippen LogP contribution in [-0.2, 0) is 0 Å². The maximum absolute atomic E-state index is 11.9. The zero-order valence-electron chi connectivity index (χ0n) is 13.8.